The quantitative estimate of drug-likeness (QED) is 0.489. The summed E-state index contributed by atoms with van der Waals surface area (Å²) >= 11 is 0. The minimum Gasteiger partial charge on any atom is -0.297 e. The Morgan fingerprint density at radius 3 is 2.03 bits per heavy atom. The van der Waals surface area contributed by atoms with E-state index >= 15 is 0 Å². The molecule has 0 saturated carbocycles. The molecular formula is C27H26F2N2. The van der Waals surface area contributed by atoms with Crippen LogP contribution in [0, 0.1) is 17.6 Å². The Balaban J connectivity index is 1.56. The van der Waals surface area contributed by atoms with Gasteiger partial charge in [-0.2, -0.15) is 0 Å². The first-order valence-corrected chi connectivity index (χ1v) is 11.0. The largest absolute Gasteiger partial charge is 0.297 e. The number of hydrogen-bond acceptors (Lipinski definition) is 2. The second-order valence-electron chi connectivity index (χ2n) is 8.57. The number of hydrogen-bond donors (Lipinski definition) is 0. The Kier molecular flexibility index (Phi) is 5.65. The maximum Gasteiger partial charge on any atom is 0.167 e. The Bertz CT molecular complexity index is 1000. The van der Waals surface area contributed by atoms with Crippen molar-refractivity contribution in [3.63, 3.8) is 0 Å². The molecule has 3 aromatic carbocycles. The van der Waals surface area contributed by atoms with Crippen LogP contribution in [0.5, 0.6) is 0 Å². The fraction of sp³-hybridized carbons (Fsp3) is 0.296. The molecule has 0 aromatic heterocycles. The van der Waals surface area contributed by atoms with Gasteiger partial charge in [-0.15, -0.1) is 0 Å². The van der Waals surface area contributed by atoms with Gasteiger partial charge in [0.05, 0.1) is 6.04 Å². The summed E-state index contributed by atoms with van der Waals surface area (Å²) in [4.78, 5) is 7.47. The Labute approximate surface area is 182 Å². The third-order valence-electron chi connectivity index (χ3n) is 6.85. The molecule has 0 aliphatic carbocycles. The zero-order chi connectivity index (χ0) is 21.2. The molecule has 3 aromatic rings. The summed E-state index contributed by atoms with van der Waals surface area (Å²) in [7, 11) is 0. The summed E-state index contributed by atoms with van der Waals surface area (Å²) in [5, 5.41) is 0. The third kappa shape index (κ3) is 3.92. The van der Waals surface area contributed by atoms with Gasteiger partial charge in [-0.1, -0.05) is 72.8 Å². The minimum atomic E-state index is -0.833. The lowest BCUT2D eigenvalue weighted by molar-refractivity contribution is 0.0215. The number of nitrogens with zero attached hydrogens (tertiary/aromatic N) is 2. The van der Waals surface area contributed by atoms with Crippen LogP contribution in [0.3, 0.4) is 0 Å². The molecule has 0 amide bonds. The fourth-order valence-corrected chi connectivity index (χ4v) is 5.37. The summed E-state index contributed by atoms with van der Waals surface area (Å²) in [5.74, 6) is -1.03. The van der Waals surface area contributed by atoms with Crippen molar-refractivity contribution in [1.82, 2.24) is 4.90 Å². The first-order chi connectivity index (χ1) is 15.2. The van der Waals surface area contributed by atoms with Crippen molar-refractivity contribution in [2.75, 3.05) is 13.1 Å². The van der Waals surface area contributed by atoms with Gasteiger partial charge in [-0.05, 0) is 49.0 Å². The highest BCUT2D eigenvalue weighted by molar-refractivity contribution is 5.80. The predicted molar refractivity (Wildman–Crippen MR) is 121 cm³/mol. The average Bonchev–Trinajstić information content (AvgIpc) is 2.83. The highest BCUT2D eigenvalue weighted by atomic mass is 19.2. The number of rotatable bonds is 5. The zero-order valence-corrected chi connectivity index (χ0v) is 17.4. The molecule has 6 rings (SSSR count). The molecule has 3 aliphatic rings. The summed E-state index contributed by atoms with van der Waals surface area (Å²) in [6.45, 7) is 2.12. The van der Waals surface area contributed by atoms with Crippen molar-refractivity contribution in [2.24, 2.45) is 10.9 Å². The van der Waals surface area contributed by atoms with Crippen LogP contribution in [0.1, 0.15) is 35.4 Å². The molecule has 158 valence electrons. The van der Waals surface area contributed by atoms with E-state index in [1.165, 1.54) is 17.2 Å². The topological polar surface area (TPSA) is 15.6 Å². The van der Waals surface area contributed by atoms with Crippen LogP contribution in [0.25, 0.3) is 0 Å². The highest BCUT2D eigenvalue weighted by Gasteiger charge is 2.46. The summed E-state index contributed by atoms with van der Waals surface area (Å²) in [6, 6.07) is 25.7. The van der Waals surface area contributed by atoms with Crippen LogP contribution >= 0.6 is 0 Å². The molecule has 31 heavy (non-hydrogen) atoms. The lowest BCUT2D eigenvalue weighted by Gasteiger charge is -2.52. The molecule has 3 fully saturated rings. The first-order valence-electron chi connectivity index (χ1n) is 11.0. The molecule has 2 nitrogen and oxygen atoms in total. The second kappa shape index (κ2) is 8.72. The number of piperidine rings is 3. The maximum absolute atomic E-state index is 14.3. The molecule has 0 spiro atoms. The molecule has 4 heteroatoms. The Morgan fingerprint density at radius 1 is 0.806 bits per heavy atom. The van der Waals surface area contributed by atoms with Crippen molar-refractivity contribution in [3.05, 3.63) is 107 Å². The summed E-state index contributed by atoms with van der Waals surface area (Å²) in [6.07, 6.45) is 3.74. The van der Waals surface area contributed by atoms with Crippen LogP contribution < -0.4 is 0 Å². The van der Waals surface area contributed by atoms with Crippen LogP contribution in [0.4, 0.5) is 8.78 Å². The normalized spacial score (nSPS) is 25.4. The van der Waals surface area contributed by atoms with Crippen molar-refractivity contribution in [3.8, 4) is 0 Å². The smallest absolute Gasteiger partial charge is 0.167 e. The number of halogens is 2. The third-order valence-corrected chi connectivity index (χ3v) is 6.85. The van der Waals surface area contributed by atoms with Crippen molar-refractivity contribution in [1.29, 1.82) is 0 Å². The molecule has 2 atom stereocenters. The molecule has 0 unspecified atom stereocenters. The van der Waals surface area contributed by atoms with Gasteiger partial charge in [0.2, 0.25) is 0 Å². The van der Waals surface area contributed by atoms with E-state index in [2.05, 4.69) is 53.4 Å². The highest BCUT2D eigenvalue weighted by Crippen LogP contribution is 2.43. The van der Waals surface area contributed by atoms with E-state index in [1.54, 1.807) is 12.3 Å². The molecule has 3 heterocycles. The van der Waals surface area contributed by atoms with Gasteiger partial charge in [-0.3, -0.25) is 9.89 Å². The summed E-state index contributed by atoms with van der Waals surface area (Å²) in [5.41, 5.74) is 2.75. The number of aliphatic imine (C=N–C) groups is 1. The van der Waals surface area contributed by atoms with Gasteiger partial charge in [0, 0.05) is 23.7 Å². The van der Waals surface area contributed by atoms with E-state index in [4.69, 9.17) is 4.99 Å². The number of benzene rings is 3. The van der Waals surface area contributed by atoms with Crippen LogP contribution in [-0.4, -0.2) is 36.3 Å². The molecule has 0 N–H and O–H groups in total. The van der Waals surface area contributed by atoms with E-state index in [0.717, 1.165) is 32.0 Å². The van der Waals surface area contributed by atoms with Gasteiger partial charge in [0.1, 0.15) is 0 Å². The van der Waals surface area contributed by atoms with Gasteiger partial charge in [0.25, 0.3) is 0 Å². The van der Waals surface area contributed by atoms with Crippen molar-refractivity contribution >= 4 is 6.21 Å². The lowest BCUT2D eigenvalue weighted by atomic mass is 9.71. The lowest BCUT2D eigenvalue weighted by Crippen LogP contribution is -2.59. The monoisotopic (exact) mass is 416 g/mol. The van der Waals surface area contributed by atoms with E-state index in [0.29, 0.717) is 5.92 Å². The molecule has 2 bridgehead atoms. The second-order valence-corrected chi connectivity index (χ2v) is 8.57. The van der Waals surface area contributed by atoms with E-state index in [9.17, 15) is 8.78 Å². The van der Waals surface area contributed by atoms with Gasteiger partial charge in [-0.25, -0.2) is 8.78 Å². The maximum atomic E-state index is 14.3. The SMILES string of the molecule is Fc1cccc(C=N[C@@H]2C3CCN(CC3)[C@@H]2C(c2ccccc2)c2ccccc2)c1F. The number of fused-ring (bicyclic) bond motifs is 3. The minimum absolute atomic E-state index is 0.0376. The average molecular weight is 417 g/mol. The standard InChI is InChI=1S/C27H26F2N2/c28-23-13-7-12-22(25(23)29)18-30-26-21-14-16-31(17-15-21)27(26)24(19-8-3-1-4-9-19)20-10-5-2-6-11-20/h1-13,18,21,24,26-27H,14-17H2/t26-,27-/m1/s1. The van der Waals surface area contributed by atoms with E-state index in [1.807, 2.05) is 12.1 Å². The van der Waals surface area contributed by atoms with Gasteiger partial charge in [0.15, 0.2) is 11.6 Å². The van der Waals surface area contributed by atoms with Crippen molar-refractivity contribution < 1.29 is 8.78 Å². The predicted octanol–water partition coefficient (Wildman–Crippen LogP) is 5.68. The van der Waals surface area contributed by atoms with E-state index in [-0.39, 0.29) is 23.6 Å². The van der Waals surface area contributed by atoms with Gasteiger partial charge < -0.3 is 0 Å². The zero-order valence-electron chi connectivity index (χ0n) is 17.4. The molecular weight excluding hydrogens is 390 g/mol. The van der Waals surface area contributed by atoms with Gasteiger partial charge >= 0.3 is 0 Å². The summed E-state index contributed by atoms with van der Waals surface area (Å²) < 4.78 is 28.0. The Hall–Kier alpha value is -2.85. The molecule has 3 aliphatic heterocycles. The van der Waals surface area contributed by atoms with Crippen LogP contribution in [-0.2, 0) is 0 Å². The van der Waals surface area contributed by atoms with E-state index < -0.39 is 11.6 Å². The van der Waals surface area contributed by atoms with Crippen molar-refractivity contribution in [2.45, 2.75) is 30.8 Å². The molecule has 0 radical (unpaired) electrons. The first kappa shape index (κ1) is 20.1. The van der Waals surface area contributed by atoms with Crippen LogP contribution in [0.15, 0.2) is 83.9 Å². The van der Waals surface area contributed by atoms with Crippen LogP contribution in [0.2, 0.25) is 0 Å². The molecule has 3 saturated heterocycles. The Morgan fingerprint density at radius 2 is 1.42 bits per heavy atom. The fourth-order valence-electron chi connectivity index (χ4n) is 5.37.